The van der Waals surface area contributed by atoms with E-state index in [1.165, 1.54) is 0 Å². The van der Waals surface area contributed by atoms with Crippen molar-refractivity contribution in [2.75, 3.05) is 20.2 Å². The Morgan fingerprint density at radius 2 is 2.13 bits per heavy atom. The molecule has 0 radical (unpaired) electrons. The number of piperidine rings is 1. The number of carboxylic acids is 1. The maximum absolute atomic E-state index is 11.4. The van der Waals surface area contributed by atoms with E-state index in [4.69, 9.17) is 9.15 Å². The Balaban J connectivity index is 1.90. The normalized spacial score (nSPS) is 20.1. The average Bonchev–Trinajstić information content (AvgIpc) is 3.10. The second-order valence-corrected chi connectivity index (χ2v) is 5.86. The Morgan fingerprint density at radius 3 is 2.74 bits per heavy atom. The zero-order chi connectivity index (χ0) is 16.2. The van der Waals surface area contributed by atoms with Crippen LogP contribution in [0.3, 0.4) is 0 Å². The molecule has 1 aliphatic rings. The van der Waals surface area contributed by atoms with Crippen LogP contribution in [0.15, 0.2) is 47.1 Å². The van der Waals surface area contributed by atoms with Gasteiger partial charge in [-0.1, -0.05) is 12.1 Å². The molecule has 1 aliphatic heterocycles. The Kier molecular flexibility index (Phi) is 4.67. The third-order valence-corrected chi connectivity index (χ3v) is 4.41. The van der Waals surface area contributed by atoms with Crippen molar-refractivity contribution in [3.63, 3.8) is 0 Å². The highest BCUT2D eigenvalue weighted by Crippen LogP contribution is 2.33. The van der Waals surface area contributed by atoms with Gasteiger partial charge in [0, 0.05) is 6.54 Å². The number of ether oxygens (including phenoxy) is 1. The number of benzene rings is 1. The van der Waals surface area contributed by atoms with Gasteiger partial charge in [-0.25, -0.2) is 0 Å². The summed E-state index contributed by atoms with van der Waals surface area (Å²) in [7, 11) is 1.64. The number of aliphatic carboxylic acids is 1. The van der Waals surface area contributed by atoms with Gasteiger partial charge in [-0.2, -0.15) is 0 Å². The van der Waals surface area contributed by atoms with Crippen LogP contribution in [0.2, 0.25) is 0 Å². The van der Waals surface area contributed by atoms with Gasteiger partial charge < -0.3 is 14.3 Å². The van der Waals surface area contributed by atoms with Crippen LogP contribution in [0.1, 0.15) is 30.2 Å². The lowest BCUT2D eigenvalue weighted by Gasteiger charge is -2.36. The van der Waals surface area contributed by atoms with Gasteiger partial charge in [0.2, 0.25) is 0 Å². The third kappa shape index (κ3) is 3.40. The number of nitrogens with zero attached hydrogens (tertiary/aromatic N) is 1. The fraction of sp³-hybridized carbons (Fsp3) is 0.389. The van der Waals surface area contributed by atoms with Crippen molar-refractivity contribution in [3.8, 4) is 5.75 Å². The fourth-order valence-corrected chi connectivity index (χ4v) is 3.23. The molecule has 1 aromatic heterocycles. The number of hydrogen-bond acceptors (Lipinski definition) is 4. The molecule has 5 heteroatoms. The number of rotatable bonds is 5. The van der Waals surface area contributed by atoms with E-state index in [0.717, 1.165) is 36.5 Å². The highest BCUT2D eigenvalue weighted by Gasteiger charge is 2.32. The van der Waals surface area contributed by atoms with Crippen molar-refractivity contribution < 1.29 is 19.1 Å². The summed E-state index contributed by atoms with van der Waals surface area (Å²) in [6.07, 6.45) is 3.27. The van der Waals surface area contributed by atoms with Gasteiger partial charge in [0.25, 0.3) is 0 Å². The Labute approximate surface area is 135 Å². The van der Waals surface area contributed by atoms with E-state index < -0.39 is 5.97 Å². The quantitative estimate of drug-likeness (QED) is 0.918. The maximum atomic E-state index is 11.4. The molecule has 2 aromatic rings. The van der Waals surface area contributed by atoms with Gasteiger partial charge in [-0.15, -0.1) is 0 Å². The smallest absolute Gasteiger partial charge is 0.307 e. The van der Waals surface area contributed by atoms with Gasteiger partial charge in [0.1, 0.15) is 11.5 Å². The molecular formula is C18H21NO4. The second kappa shape index (κ2) is 6.87. The van der Waals surface area contributed by atoms with Crippen LogP contribution in [0.4, 0.5) is 0 Å². The molecule has 5 nitrogen and oxygen atoms in total. The van der Waals surface area contributed by atoms with Crippen molar-refractivity contribution >= 4 is 5.97 Å². The molecule has 1 fully saturated rings. The fourth-order valence-electron chi connectivity index (χ4n) is 3.23. The van der Waals surface area contributed by atoms with Gasteiger partial charge in [0.15, 0.2) is 0 Å². The molecule has 0 spiro atoms. The van der Waals surface area contributed by atoms with Gasteiger partial charge in [-0.05, 0) is 49.2 Å². The minimum absolute atomic E-state index is 0.0712. The molecule has 0 aliphatic carbocycles. The van der Waals surface area contributed by atoms with Gasteiger partial charge in [0.05, 0.1) is 25.3 Å². The Morgan fingerprint density at radius 1 is 1.35 bits per heavy atom. The van der Waals surface area contributed by atoms with Gasteiger partial charge >= 0.3 is 5.97 Å². The number of carbonyl (C=O) groups is 1. The molecule has 1 saturated heterocycles. The van der Waals surface area contributed by atoms with Crippen molar-refractivity contribution in [3.05, 3.63) is 54.0 Å². The first-order valence-electron chi connectivity index (χ1n) is 7.83. The van der Waals surface area contributed by atoms with E-state index >= 15 is 0 Å². The van der Waals surface area contributed by atoms with Crippen LogP contribution in [0, 0.1) is 5.92 Å². The number of furan rings is 1. The number of methoxy groups -OCH3 is 1. The predicted octanol–water partition coefficient (Wildman–Crippen LogP) is 3.17. The van der Waals surface area contributed by atoms with Crippen LogP contribution in [-0.2, 0) is 4.79 Å². The van der Waals surface area contributed by atoms with E-state index in [2.05, 4.69) is 4.90 Å². The van der Waals surface area contributed by atoms with Crippen molar-refractivity contribution in [2.24, 2.45) is 5.92 Å². The minimum atomic E-state index is -0.720. The Hall–Kier alpha value is -2.27. The maximum Gasteiger partial charge on any atom is 0.307 e. The summed E-state index contributed by atoms with van der Waals surface area (Å²) in [6, 6.07) is 11.6. The lowest BCUT2D eigenvalue weighted by molar-refractivity contribution is -0.143. The highest BCUT2D eigenvalue weighted by atomic mass is 16.5. The molecule has 3 rings (SSSR count). The number of carboxylic acid groups (broad SMARTS) is 1. The predicted molar refractivity (Wildman–Crippen MR) is 85.5 cm³/mol. The zero-order valence-corrected chi connectivity index (χ0v) is 13.1. The molecule has 0 saturated carbocycles. The van der Waals surface area contributed by atoms with Crippen LogP contribution in [0.25, 0.3) is 0 Å². The van der Waals surface area contributed by atoms with Crippen LogP contribution < -0.4 is 4.74 Å². The van der Waals surface area contributed by atoms with E-state index in [9.17, 15) is 9.90 Å². The van der Waals surface area contributed by atoms with Crippen LogP contribution in [0.5, 0.6) is 5.75 Å². The van der Waals surface area contributed by atoms with Gasteiger partial charge in [-0.3, -0.25) is 9.69 Å². The van der Waals surface area contributed by atoms with E-state index in [1.807, 2.05) is 36.4 Å². The molecule has 1 N–H and O–H groups in total. The molecule has 1 aromatic carbocycles. The lowest BCUT2D eigenvalue weighted by atomic mass is 9.94. The van der Waals surface area contributed by atoms with Crippen molar-refractivity contribution in [1.29, 1.82) is 0 Å². The van der Waals surface area contributed by atoms with Crippen molar-refractivity contribution in [1.82, 2.24) is 4.90 Å². The first-order chi connectivity index (χ1) is 11.2. The summed E-state index contributed by atoms with van der Waals surface area (Å²) in [4.78, 5) is 13.6. The monoisotopic (exact) mass is 315 g/mol. The summed E-state index contributed by atoms with van der Waals surface area (Å²) in [5, 5.41) is 9.34. The summed E-state index contributed by atoms with van der Waals surface area (Å²) in [6.45, 7) is 1.40. The third-order valence-electron chi connectivity index (χ3n) is 4.41. The first-order valence-corrected chi connectivity index (χ1v) is 7.83. The van der Waals surface area contributed by atoms with Crippen LogP contribution >= 0.6 is 0 Å². The second-order valence-electron chi connectivity index (χ2n) is 5.86. The summed E-state index contributed by atoms with van der Waals surface area (Å²) in [5.74, 6) is 0.595. The molecule has 2 unspecified atom stereocenters. The summed E-state index contributed by atoms with van der Waals surface area (Å²) < 4.78 is 10.9. The van der Waals surface area contributed by atoms with E-state index in [0.29, 0.717) is 6.54 Å². The van der Waals surface area contributed by atoms with Crippen LogP contribution in [-0.4, -0.2) is 36.2 Å². The molecule has 0 bridgehead atoms. The molecular weight excluding hydrogens is 294 g/mol. The summed E-state index contributed by atoms with van der Waals surface area (Å²) >= 11 is 0. The molecule has 0 amide bonds. The molecule has 23 heavy (non-hydrogen) atoms. The molecule has 2 heterocycles. The topological polar surface area (TPSA) is 62.9 Å². The minimum Gasteiger partial charge on any atom is -0.497 e. The highest BCUT2D eigenvalue weighted by molar-refractivity contribution is 5.70. The lowest BCUT2D eigenvalue weighted by Crippen LogP contribution is -2.41. The summed E-state index contributed by atoms with van der Waals surface area (Å²) in [5.41, 5.74) is 1.08. The molecule has 122 valence electrons. The van der Waals surface area contributed by atoms with Crippen molar-refractivity contribution in [2.45, 2.75) is 18.9 Å². The Bertz CT molecular complexity index is 636. The largest absolute Gasteiger partial charge is 0.497 e. The standard InChI is InChI=1S/C18H21NO4/c1-22-15-8-6-13(7-9-15)17(16-5-3-11-23-16)19-10-2-4-14(12-19)18(20)21/h3,5-9,11,14,17H,2,4,10,12H2,1H3,(H,20,21). The zero-order valence-electron chi connectivity index (χ0n) is 13.1. The first kappa shape index (κ1) is 15.6. The average molecular weight is 315 g/mol. The number of likely N-dealkylation sites (tertiary alicyclic amines) is 1. The van der Waals surface area contributed by atoms with E-state index in [-0.39, 0.29) is 12.0 Å². The number of hydrogen-bond donors (Lipinski definition) is 1. The molecule has 2 atom stereocenters. The van der Waals surface area contributed by atoms with E-state index in [1.54, 1.807) is 13.4 Å². The SMILES string of the molecule is COc1ccc(C(c2ccco2)N2CCCC(C(=O)O)C2)cc1.